The van der Waals surface area contributed by atoms with Gasteiger partial charge in [0.05, 0.1) is 16.9 Å². The lowest BCUT2D eigenvalue weighted by atomic mass is 9.74. The first-order chi connectivity index (χ1) is 16.6. The molecule has 0 saturated heterocycles. The number of allylic oxidation sites excluding steroid dienone is 1. The fraction of sp³-hybridized carbons (Fsp3) is 0.250. The number of ketones is 1. The maximum Gasteiger partial charge on any atom is 0.335 e. The van der Waals surface area contributed by atoms with Gasteiger partial charge in [-0.3, -0.25) is 14.5 Å². The number of para-hydroxylation sites is 2. The zero-order valence-electron chi connectivity index (χ0n) is 19.8. The summed E-state index contributed by atoms with van der Waals surface area (Å²) < 4.78 is 6.24. The van der Waals surface area contributed by atoms with Crippen molar-refractivity contribution in [2.45, 2.75) is 39.7 Å². The summed E-state index contributed by atoms with van der Waals surface area (Å²) in [7, 11) is 0. The van der Waals surface area contributed by atoms with Crippen LogP contribution in [0.2, 0.25) is 0 Å². The molecule has 2 aromatic carbocycles. The van der Waals surface area contributed by atoms with Crippen molar-refractivity contribution >= 4 is 29.0 Å². The summed E-state index contributed by atoms with van der Waals surface area (Å²) in [5.74, 6) is -0.379. The Bertz CT molecular complexity index is 1400. The molecule has 2 N–H and O–H groups in total. The molecule has 5 rings (SSSR count). The van der Waals surface area contributed by atoms with Crippen molar-refractivity contribution in [1.29, 1.82) is 0 Å². The number of nitrogens with one attached hydrogen (secondary N) is 1. The van der Waals surface area contributed by atoms with Gasteiger partial charge >= 0.3 is 5.97 Å². The van der Waals surface area contributed by atoms with Crippen LogP contribution in [-0.4, -0.2) is 22.8 Å². The van der Waals surface area contributed by atoms with Crippen LogP contribution in [0.5, 0.6) is 0 Å². The third-order valence-electron chi connectivity index (χ3n) is 6.53. The number of furan rings is 1. The monoisotopic (exact) mass is 470 g/mol. The first-order valence-electron chi connectivity index (χ1n) is 11.5. The number of rotatable bonds is 3. The normalized spacial score (nSPS) is 18.9. The Kier molecular flexibility index (Phi) is 5.35. The van der Waals surface area contributed by atoms with E-state index in [-0.39, 0.29) is 22.7 Å². The molecule has 0 saturated carbocycles. The van der Waals surface area contributed by atoms with Gasteiger partial charge in [0.15, 0.2) is 5.78 Å². The maximum absolute atomic E-state index is 13.6. The highest BCUT2D eigenvalue weighted by Crippen LogP contribution is 2.48. The number of anilines is 2. The quantitative estimate of drug-likeness (QED) is 0.501. The molecule has 0 fully saturated rings. The molecule has 3 aromatic rings. The number of fused-ring (bicyclic) bond motifs is 1. The summed E-state index contributed by atoms with van der Waals surface area (Å²) in [5, 5.41) is 12.8. The number of carboxylic acids is 1. The average Bonchev–Trinajstić information content (AvgIpc) is 3.22. The van der Waals surface area contributed by atoms with Crippen LogP contribution < -0.4 is 10.2 Å². The summed E-state index contributed by atoms with van der Waals surface area (Å²) in [6, 6.07) is 16.7. The topological polar surface area (TPSA) is 99.9 Å². The largest absolute Gasteiger partial charge is 0.478 e. The van der Waals surface area contributed by atoms with Gasteiger partial charge in [0, 0.05) is 30.2 Å². The molecule has 1 aliphatic heterocycles. The highest BCUT2D eigenvalue weighted by atomic mass is 16.4. The summed E-state index contributed by atoms with van der Waals surface area (Å²) in [5.41, 5.74) is 3.25. The van der Waals surface area contributed by atoms with Gasteiger partial charge in [-0.2, -0.15) is 0 Å². The van der Waals surface area contributed by atoms with E-state index in [4.69, 9.17) is 4.42 Å². The molecule has 7 nitrogen and oxygen atoms in total. The third kappa shape index (κ3) is 4.03. The predicted molar refractivity (Wildman–Crippen MR) is 132 cm³/mol. The fourth-order valence-corrected chi connectivity index (χ4v) is 5.07. The van der Waals surface area contributed by atoms with E-state index in [1.165, 1.54) is 19.1 Å². The van der Waals surface area contributed by atoms with E-state index in [1.807, 2.05) is 24.3 Å². The number of hydrogen-bond acceptors (Lipinski definition) is 5. The maximum atomic E-state index is 13.6. The minimum absolute atomic E-state index is 0.0290. The van der Waals surface area contributed by atoms with Crippen molar-refractivity contribution < 1.29 is 23.9 Å². The van der Waals surface area contributed by atoms with Gasteiger partial charge in [-0.15, -0.1) is 0 Å². The summed E-state index contributed by atoms with van der Waals surface area (Å²) in [6.07, 6.45) is 1.01. The Labute approximate surface area is 203 Å². The Hall–Kier alpha value is -4.13. The molecule has 0 radical (unpaired) electrons. The SMILES string of the molecule is CC(=O)N1c2ccccc2NC2=C(C(=O)CC(C)(C)C2)[C@H]1c1ccc(-c2cccc(C(=O)O)c2)o1. The van der Waals surface area contributed by atoms with E-state index in [9.17, 15) is 19.5 Å². The number of nitrogens with zero attached hydrogens (tertiary/aromatic N) is 1. The Morgan fingerprint density at radius 1 is 1.06 bits per heavy atom. The molecule has 1 aromatic heterocycles. The fourth-order valence-electron chi connectivity index (χ4n) is 5.07. The van der Waals surface area contributed by atoms with Crippen molar-refractivity contribution in [3.8, 4) is 11.3 Å². The predicted octanol–water partition coefficient (Wildman–Crippen LogP) is 5.81. The molecule has 1 amide bonds. The standard InChI is InChI=1S/C28H26N2O5/c1-16(31)30-21-10-5-4-9-19(21)29-20-14-28(2,3)15-22(32)25(20)26(30)24-12-11-23(35-24)17-7-6-8-18(13-17)27(33)34/h4-13,26,29H,14-15H2,1-3H3,(H,33,34)/t26-/m1/s1. The second-order valence-electron chi connectivity index (χ2n) is 9.85. The molecule has 2 aliphatic rings. The molecular formula is C28H26N2O5. The van der Waals surface area contributed by atoms with Gasteiger partial charge in [-0.05, 0) is 48.2 Å². The van der Waals surface area contributed by atoms with Crippen LogP contribution in [0.3, 0.4) is 0 Å². The Morgan fingerprint density at radius 3 is 2.57 bits per heavy atom. The number of benzene rings is 2. The van der Waals surface area contributed by atoms with Crippen molar-refractivity contribution in [2.24, 2.45) is 5.41 Å². The minimum atomic E-state index is -1.03. The molecule has 0 bridgehead atoms. The molecule has 35 heavy (non-hydrogen) atoms. The number of carboxylic acid groups (broad SMARTS) is 1. The molecular weight excluding hydrogens is 444 g/mol. The lowest BCUT2D eigenvalue weighted by Crippen LogP contribution is -2.38. The van der Waals surface area contributed by atoms with Crippen LogP contribution in [0.4, 0.5) is 11.4 Å². The lowest BCUT2D eigenvalue weighted by molar-refractivity contribution is -0.118. The third-order valence-corrected chi connectivity index (χ3v) is 6.53. The van der Waals surface area contributed by atoms with E-state index in [2.05, 4.69) is 19.2 Å². The molecule has 0 unspecified atom stereocenters. The Morgan fingerprint density at radius 2 is 1.83 bits per heavy atom. The number of aromatic carboxylic acids is 1. The lowest BCUT2D eigenvalue weighted by Gasteiger charge is -2.35. The van der Waals surface area contributed by atoms with E-state index >= 15 is 0 Å². The van der Waals surface area contributed by atoms with Gasteiger partial charge in [-0.25, -0.2) is 4.79 Å². The van der Waals surface area contributed by atoms with E-state index in [1.54, 1.807) is 29.2 Å². The number of Topliss-reactive ketones (excluding diaryl/α,β-unsaturated/α-hetero) is 1. The second kappa shape index (κ2) is 8.27. The van der Waals surface area contributed by atoms with Crippen LogP contribution in [0.15, 0.2) is 76.4 Å². The smallest absolute Gasteiger partial charge is 0.335 e. The number of amides is 1. The van der Waals surface area contributed by atoms with E-state index < -0.39 is 12.0 Å². The highest BCUT2D eigenvalue weighted by Gasteiger charge is 2.43. The number of hydrogen-bond donors (Lipinski definition) is 2. The summed E-state index contributed by atoms with van der Waals surface area (Å²) in [4.78, 5) is 39.7. The summed E-state index contributed by atoms with van der Waals surface area (Å²) >= 11 is 0. The highest BCUT2D eigenvalue weighted by molar-refractivity contribution is 6.05. The van der Waals surface area contributed by atoms with E-state index in [0.717, 1.165) is 11.4 Å². The van der Waals surface area contributed by atoms with Crippen LogP contribution in [0.1, 0.15) is 55.8 Å². The van der Waals surface area contributed by atoms with Gasteiger partial charge in [0.1, 0.15) is 17.6 Å². The van der Waals surface area contributed by atoms with Gasteiger partial charge < -0.3 is 14.8 Å². The van der Waals surface area contributed by atoms with Crippen LogP contribution >= 0.6 is 0 Å². The zero-order chi connectivity index (χ0) is 24.9. The van der Waals surface area contributed by atoms with Gasteiger partial charge in [-0.1, -0.05) is 38.1 Å². The Balaban J connectivity index is 1.70. The average molecular weight is 471 g/mol. The van der Waals surface area contributed by atoms with Crippen LogP contribution in [-0.2, 0) is 9.59 Å². The first kappa shape index (κ1) is 22.7. The number of carbonyl (C=O) groups is 3. The molecule has 0 spiro atoms. The summed E-state index contributed by atoms with van der Waals surface area (Å²) in [6.45, 7) is 5.60. The molecule has 178 valence electrons. The van der Waals surface area contributed by atoms with Crippen LogP contribution in [0, 0.1) is 5.41 Å². The number of carbonyl (C=O) groups excluding carboxylic acids is 2. The van der Waals surface area contributed by atoms with Gasteiger partial charge in [0.25, 0.3) is 0 Å². The van der Waals surface area contributed by atoms with Gasteiger partial charge in [0.2, 0.25) is 5.91 Å². The van der Waals surface area contributed by atoms with Crippen molar-refractivity contribution in [3.63, 3.8) is 0 Å². The molecule has 2 heterocycles. The first-order valence-corrected chi connectivity index (χ1v) is 11.5. The zero-order valence-corrected chi connectivity index (χ0v) is 19.8. The van der Waals surface area contributed by atoms with Crippen molar-refractivity contribution in [3.05, 3.63) is 83.3 Å². The second-order valence-corrected chi connectivity index (χ2v) is 9.85. The van der Waals surface area contributed by atoms with Crippen molar-refractivity contribution in [1.82, 2.24) is 0 Å². The molecule has 1 aliphatic carbocycles. The van der Waals surface area contributed by atoms with E-state index in [0.29, 0.717) is 41.2 Å². The van der Waals surface area contributed by atoms with Crippen molar-refractivity contribution in [2.75, 3.05) is 10.2 Å². The molecule has 7 heteroatoms. The molecule has 1 atom stereocenters. The van der Waals surface area contributed by atoms with Crippen LogP contribution in [0.25, 0.3) is 11.3 Å². The minimum Gasteiger partial charge on any atom is -0.478 e.